The highest BCUT2D eigenvalue weighted by Gasteiger charge is 2.19. The molecule has 0 heterocycles. The number of hydrogen-bond donors (Lipinski definition) is 2. The van der Waals surface area contributed by atoms with Crippen LogP contribution in [0.15, 0.2) is 18.2 Å². The van der Waals surface area contributed by atoms with Gasteiger partial charge >= 0.3 is 0 Å². The van der Waals surface area contributed by atoms with E-state index in [0.717, 1.165) is 29.8 Å². The molecule has 2 N–H and O–H groups in total. The Labute approximate surface area is 117 Å². The van der Waals surface area contributed by atoms with Gasteiger partial charge in [-0.1, -0.05) is 31.4 Å². The number of aliphatic hydroxyl groups excluding tert-OH is 1. The molecule has 1 rings (SSSR count). The second-order valence-corrected chi connectivity index (χ2v) is 5.14. The first-order valence-electron chi connectivity index (χ1n) is 7.16. The van der Waals surface area contributed by atoms with Crippen LogP contribution in [0.3, 0.4) is 0 Å². The molecule has 1 aromatic rings. The summed E-state index contributed by atoms with van der Waals surface area (Å²) in [4.78, 5) is 0. The van der Waals surface area contributed by atoms with Gasteiger partial charge in [0, 0.05) is 11.6 Å². The highest BCUT2D eigenvalue weighted by atomic mass is 16.5. The number of nitrogens with one attached hydrogen (secondary N) is 1. The van der Waals surface area contributed by atoms with E-state index in [-0.39, 0.29) is 6.04 Å². The van der Waals surface area contributed by atoms with Gasteiger partial charge in [0.15, 0.2) is 0 Å². The molecule has 2 atom stereocenters. The Morgan fingerprint density at radius 1 is 1.32 bits per heavy atom. The first-order valence-corrected chi connectivity index (χ1v) is 7.16. The van der Waals surface area contributed by atoms with E-state index in [0.29, 0.717) is 0 Å². The fourth-order valence-corrected chi connectivity index (χ4v) is 2.17. The molecule has 0 radical (unpaired) electrons. The maximum absolute atomic E-state index is 10.4. The summed E-state index contributed by atoms with van der Waals surface area (Å²) in [5, 5.41) is 13.8. The molecule has 3 nitrogen and oxygen atoms in total. The number of aryl methyl sites for hydroxylation is 1. The zero-order valence-corrected chi connectivity index (χ0v) is 12.6. The molecule has 1 aromatic carbocycles. The van der Waals surface area contributed by atoms with Gasteiger partial charge in [-0.2, -0.15) is 0 Å². The van der Waals surface area contributed by atoms with Crippen molar-refractivity contribution in [2.75, 3.05) is 13.7 Å². The fourth-order valence-electron chi connectivity index (χ4n) is 2.17. The van der Waals surface area contributed by atoms with Crippen LogP contribution in [-0.4, -0.2) is 24.8 Å². The van der Waals surface area contributed by atoms with Gasteiger partial charge in [0.2, 0.25) is 0 Å². The molecule has 0 aromatic heterocycles. The lowest BCUT2D eigenvalue weighted by atomic mass is 10.00. The molecule has 0 fully saturated rings. The highest BCUT2D eigenvalue weighted by Crippen LogP contribution is 2.28. The molecule has 0 spiro atoms. The summed E-state index contributed by atoms with van der Waals surface area (Å²) in [6.45, 7) is 7.17. The molecule has 0 amide bonds. The average molecular weight is 265 g/mol. The zero-order chi connectivity index (χ0) is 14.3. The number of hydrogen-bond acceptors (Lipinski definition) is 3. The van der Waals surface area contributed by atoms with Crippen LogP contribution in [0.4, 0.5) is 0 Å². The number of rotatable bonds is 8. The van der Waals surface area contributed by atoms with Crippen LogP contribution in [0.1, 0.15) is 50.3 Å². The first-order chi connectivity index (χ1) is 9.10. The van der Waals surface area contributed by atoms with E-state index >= 15 is 0 Å². The number of methoxy groups -OCH3 is 1. The Bertz CT molecular complexity index is 379. The molecular weight excluding hydrogens is 238 g/mol. The summed E-state index contributed by atoms with van der Waals surface area (Å²) in [7, 11) is 1.64. The van der Waals surface area contributed by atoms with Gasteiger partial charge in [0.05, 0.1) is 13.2 Å². The predicted octanol–water partition coefficient (Wildman–Crippen LogP) is 3.21. The van der Waals surface area contributed by atoms with Crippen LogP contribution in [0, 0.1) is 6.92 Å². The monoisotopic (exact) mass is 265 g/mol. The van der Waals surface area contributed by atoms with E-state index in [1.165, 1.54) is 12.8 Å². The molecule has 0 saturated heterocycles. The molecule has 0 aliphatic carbocycles. The Balaban J connectivity index is 2.65. The lowest BCUT2D eigenvalue weighted by Gasteiger charge is -2.22. The number of benzene rings is 1. The first kappa shape index (κ1) is 16.0. The van der Waals surface area contributed by atoms with Crippen molar-refractivity contribution in [1.82, 2.24) is 5.32 Å². The molecule has 0 aliphatic heterocycles. The maximum Gasteiger partial charge on any atom is 0.124 e. The lowest BCUT2D eigenvalue weighted by molar-refractivity contribution is 0.132. The van der Waals surface area contributed by atoms with Crippen molar-refractivity contribution in [2.24, 2.45) is 0 Å². The van der Waals surface area contributed by atoms with Crippen molar-refractivity contribution in [3.8, 4) is 5.75 Å². The van der Waals surface area contributed by atoms with Crippen molar-refractivity contribution >= 4 is 0 Å². The average Bonchev–Trinajstić information content (AvgIpc) is 2.42. The standard InChI is InChI=1S/C16H27NO2/c1-5-6-7-10-17-13(3)16(18)14-11-12(2)8-9-15(14)19-4/h8-9,11,13,16-18H,5-7,10H2,1-4H3. The Morgan fingerprint density at radius 2 is 2.05 bits per heavy atom. The van der Waals surface area contributed by atoms with Gasteiger partial charge in [-0.15, -0.1) is 0 Å². The van der Waals surface area contributed by atoms with Gasteiger partial charge in [-0.25, -0.2) is 0 Å². The van der Waals surface area contributed by atoms with Crippen LogP contribution in [-0.2, 0) is 0 Å². The summed E-state index contributed by atoms with van der Waals surface area (Å²) in [6, 6.07) is 5.92. The molecule has 3 heteroatoms. The van der Waals surface area contributed by atoms with Crippen molar-refractivity contribution in [3.05, 3.63) is 29.3 Å². The lowest BCUT2D eigenvalue weighted by Crippen LogP contribution is -2.33. The quantitative estimate of drug-likeness (QED) is 0.709. The van der Waals surface area contributed by atoms with Crippen LogP contribution in [0.25, 0.3) is 0 Å². The predicted molar refractivity (Wildman–Crippen MR) is 79.7 cm³/mol. The van der Waals surface area contributed by atoms with Gasteiger partial charge in [0.25, 0.3) is 0 Å². The summed E-state index contributed by atoms with van der Waals surface area (Å²) < 4.78 is 5.33. The van der Waals surface area contributed by atoms with Crippen LogP contribution in [0.2, 0.25) is 0 Å². The normalized spacial score (nSPS) is 14.2. The summed E-state index contributed by atoms with van der Waals surface area (Å²) in [5.74, 6) is 0.750. The minimum Gasteiger partial charge on any atom is -0.496 e. The summed E-state index contributed by atoms with van der Waals surface area (Å²) >= 11 is 0. The molecular formula is C16H27NO2. The molecule has 2 unspecified atom stereocenters. The van der Waals surface area contributed by atoms with Gasteiger partial charge in [-0.05, 0) is 38.9 Å². The number of unbranched alkanes of at least 4 members (excludes halogenated alkanes) is 2. The van der Waals surface area contributed by atoms with Crippen molar-refractivity contribution in [2.45, 2.75) is 52.2 Å². The molecule has 108 valence electrons. The Kier molecular flexibility index (Phi) is 6.89. The van der Waals surface area contributed by atoms with E-state index in [1.807, 2.05) is 32.0 Å². The van der Waals surface area contributed by atoms with Crippen LogP contribution in [0.5, 0.6) is 5.75 Å². The van der Waals surface area contributed by atoms with Gasteiger partial charge in [-0.3, -0.25) is 0 Å². The fraction of sp³-hybridized carbons (Fsp3) is 0.625. The van der Waals surface area contributed by atoms with Crippen molar-refractivity contribution in [1.29, 1.82) is 0 Å². The summed E-state index contributed by atoms with van der Waals surface area (Å²) in [5.41, 5.74) is 1.99. The third kappa shape index (κ3) is 4.84. The smallest absolute Gasteiger partial charge is 0.124 e. The van der Waals surface area contributed by atoms with E-state index < -0.39 is 6.10 Å². The second-order valence-electron chi connectivity index (χ2n) is 5.14. The number of ether oxygens (including phenoxy) is 1. The van der Waals surface area contributed by atoms with E-state index in [1.54, 1.807) is 7.11 Å². The van der Waals surface area contributed by atoms with E-state index in [2.05, 4.69) is 12.2 Å². The molecule has 0 aliphatic rings. The largest absolute Gasteiger partial charge is 0.496 e. The van der Waals surface area contributed by atoms with Gasteiger partial charge in [0.1, 0.15) is 5.75 Å². The Morgan fingerprint density at radius 3 is 2.68 bits per heavy atom. The van der Waals surface area contributed by atoms with Crippen molar-refractivity contribution < 1.29 is 9.84 Å². The maximum atomic E-state index is 10.4. The molecule has 0 bridgehead atoms. The minimum absolute atomic E-state index is 0.0209. The van der Waals surface area contributed by atoms with Crippen LogP contribution >= 0.6 is 0 Å². The van der Waals surface area contributed by atoms with Crippen LogP contribution < -0.4 is 10.1 Å². The SMILES string of the molecule is CCCCCNC(C)C(O)c1cc(C)ccc1OC. The molecule has 19 heavy (non-hydrogen) atoms. The third-order valence-corrected chi connectivity index (χ3v) is 3.42. The molecule has 0 saturated carbocycles. The third-order valence-electron chi connectivity index (χ3n) is 3.42. The Hall–Kier alpha value is -1.06. The van der Waals surface area contributed by atoms with E-state index in [9.17, 15) is 5.11 Å². The summed E-state index contributed by atoms with van der Waals surface area (Å²) in [6.07, 6.45) is 3.04. The highest BCUT2D eigenvalue weighted by molar-refractivity contribution is 5.39. The minimum atomic E-state index is -0.545. The van der Waals surface area contributed by atoms with Crippen molar-refractivity contribution in [3.63, 3.8) is 0 Å². The number of aliphatic hydroxyl groups is 1. The van der Waals surface area contributed by atoms with Gasteiger partial charge < -0.3 is 15.2 Å². The zero-order valence-electron chi connectivity index (χ0n) is 12.6. The topological polar surface area (TPSA) is 41.5 Å². The second kappa shape index (κ2) is 8.18. The van der Waals surface area contributed by atoms with E-state index in [4.69, 9.17) is 4.74 Å².